The maximum atomic E-state index is 13.5. The summed E-state index contributed by atoms with van der Waals surface area (Å²) in [5.74, 6) is -0.401. The highest BCUT2D eigenvalue weighted by Gasteiger charge is 2.35. The van der Waals surface area contributed by atoms with Gasteiger partial charge in [0, 0.05) is 10.6 Å². The van der Waals surface area contributed by atoms with E-state index in [-0.39, 0.29) is 0 Å². The molecule has 1 aliphatic rings. The third-order valence-electron chi connectivity index (χ3n) is 2.86. The normalized spacial score (nSPS) is 19.9. The molecule has 1 nitrogen and oxygen atoms in total. The van der Waals surface area contributed by atoms with Gasteiger partial charge in [-0.05, 0) is 25.0 Å². The molecule has 1 N–H and O–H groups in total. The molecule has 1 fully saturated rings. The molecule has 0 radical (unpaired) electrons. The fourth-order valence-electron chi connectivity index (χ4n) is 2.10. The molecular formula is C11H12ClFO. The molecule has 0 unspecified atom stereocenters. The van der Waals surface area contributed by atoms with Crippen LogP contribution in [-0.4, -0.2) is 5.11 Å². The number of hydrogen-bond acceptors (Lipinski definition) is 1. The van der Waals surface area contributed by atoms with Crippen molar-refractivity contribution in [1.82, 2.24) is 0 Å². The van der Waals surface area contributed by atoms with E-state index in [1.807, 2.05) is 0 Å². The van der Waals surface area contributed by atoms with E-state index in [4.69, 9.17) is 11.6 Å². The molecule has 0 aliphatic heterocycles. The van der Waals surface area contributed by atoms with Crippen molar-refractivity contribution in [2.24, 2.45) is 0 Å². The maximum absolute atomic E-state index is 13.5. The number of aliphatic hydroxyl groups is 1. The molecular weight excluding hydrogens is 203 g/mol. The van der Waals surface area contributed by atoms with Crippen LogP contribution in [0.2, 0.25) is 5.02 Å². The average Bonchev–Trinajstić information content (AvgIpc) is 2.52. The topological polar surface area (TPSA) is 20.2 Å². The standard InChI is InChI=1S/C11H12ClFO/c12-8-3-4-9(10(13)7-8)11(14)5-1-2-6-11/h3-4,7,14H,1-2,5-6H2. The molecule has 0 spiro atoms. The first kappa shape index (κ1) is 9.94. The summed E-state index contributed by atoms with van der Waals surface area (Å²) in [5, 5.41) is 10.5. The molecule has 0 bridgehead atoms. The van der Waals surface area contributed by atoms with Gasteiger partial charge in [-0.1, -0.05) is 30.5 Å². The van der Waals surface area contributed by atoms with Crippen molar-refractivity contribution < 1.29 is 9.50 Å². The van der Waals surface area contributed by atoms with Gasteiger partial charge in [-0.2, -0.15) is 0 Å². The number of benzene rings is 1. The van der Waals surface area contributed by atoms with Crippen molar-refractivity contribution in [3.63, 3.8) is 0 Å². The molecule has 1 aliphatic carbocycles. The van der Waals surface area contributed by atoms with Crippen molar-refractivity contribution >= 4 is 11.6 Å². The highest BCUT2D eigenvalue weighted by molar-refractivity contribution is 6.30. The van der Waals surface area contributed by atoms with E-state index in [0.29, 0.717) is 23.4 Å². The molecule has 1 saturated carbocycles. The molecule has 76 valence electrons. The van der Waals surface area contributed by atoms with E-state index >= 15 is 0 Å². The van der Waals surface area contributed by atoms with E-state index in [9.17, 15) is 9.50 Å². The van der Waals surface area contributed by atoms with Crippen LogP contribution in [0.25, 0.3) is 0 Å². The molecule has 0 heterocycles. The van der Waals surface area contributed by atoms with E-state index in [2.05, 4.69) is 0 Å². The fraction of sp³-hybridized carbons (Fsp3) is 0.455. The smallest absolute Gasteiger partial charge is 0.130 e. The lowest BCUT2D eigenvalue weighted by Gasteiger charge is -2.23. The van der Waals surface area contributed by atoms with Crippen molar-refractivity contribution in [1.29, 1.82) is 0 Å². The minimum Gasteiger partial charge on any atom is -0.385 e. The van der Waals surface area contributed by atoms with Gasteiger partial charge in [0.15, 0.2) is 0 Å². The molecule has 0 aromatic heterocycles. The van der Waals surface area contributed by atoms with Crippen molar-refractivity contribution in [2.45, 2.75) is 31.3 Å². The predicted molar refractivity (Wildman–Crippen MR) is 53.8 cm³/mol. The quantitative estimate of drug-likeness (QED) is 0.761. The Morgan fingerprint density at radius 2 is 1.93 bits per heavy atom. The van der Waals surface area contributed by atoms with Crippen LogP contribution in [0.1, 0.15) is 31.2 Å². The second-order valence-corrected chi connectivity index (χ2v) is 4.30. The molecule has 1 aromatic carbocycles. The van der Waals surface area contributed by atoms with Crippen LogP contribution in [0.15, 0.2) is 18.2 Å². The highest BCUT2D eigenvalue weighted by Crippen LogP contribution is 2.39. The average molecular weight is 215 g/mol. The Bertz CT molecular complexity index is 345. The maximum Gasteiger partial charge on any atom is 0.130 e. The van der Waals surface area contributed by atoms with Gasteiger partial charge >= 0.3 is 0 Å². The van der Waals surface area contributed by atoms with Crippen molar-refractivity contribution in [3.05, 3.63) is 34.6 Å². The first-order chi connectivity index (χ1) is 6.62. The van der Waals surface area contributed by atoms with Crippen LogP contribution in [0.5, 0.6) is 0 Å². The lowest BCUT2D eigenvalue weighted by atomic mass is 9.92. The summed E-state index contributed by atoms with van der Waals surface area (Å²) in [7, 11) is 0. The van der Waals surface area contributed by atoms with Crippen LogP contribution in [0, 0.1) is 5.82 Å². The van der Waals surface area contributed by atoms with Gasteiger partial charge in [-0.15, -0.1) is 0 Å². The number of halogens is 2. The minimum atomic E-state index is -0.964. The number of rotatable bonds is 1. The summed E-state index contributed by atoms with van der Waals surface area (Å²) < 4.78 is 13.5. The Hall–Kier alpha value is -0.600. The fourth-order valence-corrected chi connectivity index (χ4v) is 2.25. The van der Waals surface area contributed by atoms with Crippen LogP contribution >= 0.6 is 11.6 Å². The first-order valence-corrected chi connectivity index (χ1v) is 5.17. The van der Waals surface area contributed by atoms with Crippen LogP contribution in [0.4, 0.5) is 4.39 Å². The molecule has 0 atom stereocenters. The summed E-state index contributed by atoms with van der Waals surface area (Å²) >= 11 is 5.65. The first-order valence-electron chi connectivity index (χ1n) is 4.80. The van der Waals surface area contributed by atoms with Crippen LogP contribution in [-0.2, 0) is 5.60 Å². The zero-order valence-corrected chi connectivity index (χ0v) is 8.52. The van der Waals surface area contributed by atoms with Gasteiger partial charge in [-0.3, -0.25) is 0 Å². The Morgan fingerprint density at radius 1 is 1.29 bits per heavy atom. The van der Waals surface area contributed by atoms with Crippen molar-refractivity contribution in [2.75, 3.05) is 0 Å². The minimum absolute atomic E-state index is 0.368. The lowest BCUT2D eigenvalue weighted by Crippen LogP contribution is -2.22. The molecule has 2 rings (SSSR count). The largest absolute Gasteiger partial charge is 0.385 e. The Morgan fingerprint density at radius 3 is 2.50 bits per heavy atom. The van der Waals surface area contributed by atoms with Gasteiger partial charge in [0.2, 0.25) is 0 Å². The van der Waals surface area contributed by atoms with Gasteiger partial charge in [0.05, 0.1) is 5.60 Å². The van der Waals surface area contributed by atoms with Gasteiger partial charge in [0.1, 0.15) is 5.82 Å². The molecule has 1 aromatic rings. The second kappa shape index (κ2) is 3.52. The Balaban J connectivity index is 2.40. The summed E-state index contributed by atoms with van der Waals surface area (Å²) in [6, 6.07) is 4.46. The lowest BCUT2D eigenvalue weighted by molar-refractivity contribution is 0.0408. The van der Waals surface area contributed by atoms with Crippen molar-refractivity contribution in [3.8, 4) is 0 Å². The van der Waals surface area contributed by atoms with Gasteiger partial charge < -0.3 is 5.11 Å². The Labute approximate surface area is 87.5 Å². The molecule has 0 saturated heterocycles. The van der Waals surface area contributed by atoms with Crippen LogP contribution in [0.3, 0.4) is 0 Å². The molecule has 14 heavy (non-hydrogen) atoms. The molecule has 3 heteroatoms. The third-order valence-corrected chi connectivity index (χ3v) is 3.10. The predicted octanol–water partition coefficient (Wildman–Crippen LogP) is 3.24. The molecule has 0 amide bonds. The number of hydrogen-bond donors (Lipinski definition) is 1. The van der Waals surface area contributed by atoms with Gasteiger partial charge in [-0.25, -0.2) is 4.39 Å². The van der Waals surface area contributed by atoms with Crippen LogP contribution < -0.4 is 0 Å². The SMILES string of the molecule is OC1(c2ccc(Cl)cc2F)CCCC1. The summed E-state index contributed by atoms with van der Waals surface area (Å²) in [6.07, 6.45) is 3.20. The zero-order valence-electron chi connectivity index (χ0n) is 7.76. The van der Waals surface area contributed by atoms with E-state index in [1.54, 1.807) is 12.1 Å². The zero-order chi connectivity index (χ0) is 10.2. The van der Waals surface area contributed by atoms with Gasteiger partial charge in [0.25, 0.3) is 0 Å². The van der Waals surface area contributed by atoms with E-state index < -0.39 is 11.4 Å². The third kappa shape index (κ3) is 1.64. The second-order valence-electron chi connectivity index (χ2n) is 3.86. The Kier molecular flexibility index (Phi) is 2.50. The highest BCUT2D eigenvalue weighted by atomic mass is 35.5. The summed E-state index contributed by atoms with van der Waals surface area (Å²) in [6.45, 7) is 0. The summed E-state index contributed by atoms with van der Waals surface area (Å²) in [4.78, 5) is 0. The summed E-state index contributed by atoms with van der Waals surface area (Å²) in [5.41, 5.74) is -0.575. The monoisotopic (exact) mass is 214 g/mol. The van der Waals surface area contributed by atoms with E-state index in [0.717, 1.165) is 12.8 Å². The van der Waals surface area contributed by atoms with E-state index in [1.165, 1.54) is 6.07 Å².